The Labute approximate surface area is 135 Å². The Morgan fingerprint density at radius 3 is 2.26 bits per heavy atom. The molecule has 2 N–H and O–H groups in total. The van der Waals surface area contributed by atoms with Crippen LogP contribution in [0.15, 0.2) is 53.4 Å². The molecule has 1 saturated heterocycles. The Morgan fingerprint density at radius 1 is 1.04 bits per heavy atom. The van der Waals surface area contributed by atoms with Crippen LogP contribution in [0.5, 0.6) is 0 Å². The van der Waals surface area contributed by atoms with Gasteiger partial charge in [0.2, 0.25) is 0 Å². The molecule has 0 atom stereocenters. The quantitative estimate of drug-likeness (QED) is 0.902. The van der Waals surface area contributed by atoms with E-state index in [4.69, 9.17) is 0 Å². The lowest BCUT2D eigenvalue weighted by Gasteiger charge is -2.15. The predicted octanol–water partition coefficient (Wildman–Crippen LogP) is 2.33. The first-order valence-corrected chi connectivity index (χ1v) is 8.69. The van der Waals surface area contributed by atoms with E-state index >= 15 is 0 Å². The Balaban J connectivity index is 1.77. The van der Waals surface area contributed by atoms with E-state index < -0.39 is 10.0 Å². The average molecular weight is 331 g/mol. The number of rotatable bonds is 4. The summed E-state index contributed by atoms with van der Waals surface area (Å²) < 4.78 is 27.2. The van der Waals surface area contributed by atoms with Crippen molar-refractivity contribution < 1.29 is 13.2 Å². The van der Waals surface area contributed by atoms with Gasteiger partial charge in [-0.25, -0.2) is 13.2 Å². The van der Waals surface area contributed by atoms with Gasteiger partial charge < -0.3 is 5.32 Å². The van der Waals surface area contributed by atoms with Crippen LogP contribution in [-0.2, 0) is 10.0 Å². The third-order valence-electron chi connectivity index (χ3n) is 3.62. The molecule has 0 radical (unpaired) electrons. The molecule has 1 heterocycles. The molecule has 1 aliphatic rings. The summed E-state index contributed by atoms with van der Waals surface area (Å²) in [5.74, 6) is 0. The van der Waals surface area contributed by atoms with Crippen LogP contribution in [0.25, 0.3) is 0 Å². The van der Waals surface area contributed by atoms with Gasteiger partial charge in [0.15, 0.2) is 0 Å². The largest absolute Gasteiger partial charge is 0.336 e. The Morgan fingerprint density at radius 2 is 1.70 bits per heavy atom. The Hall–Kier alpha value is -2.54. The van der Waals surface area contributed by atoms with E-state index in [-0.39, 0.29) is 10.9 Å². The highest BCUT2D eigenvalue weighted by molar-refractivity contribution is 7.92. The molecule has 2 amide bonds. The van der Waals surface area contributed by atoms with Gasteiger partial charge in [0.05, 0.1) is 4.90 Å². The fraction of sp³-hybridized carbons (Fsp3) is 0.188. The van der Waals surface area contributed by atoms with Gasteiger partial charge in [-0.1, -0.05) is 17.7 Å². The topological polar surface area (TPSA) is 78.5 Å². The summed E-state index contributed by atoms with van der Waals surface area (Å²) >= 11 is 0. The van der Waals surface area contributed by atoms with E-state index in [1.807, 2.05) is 6.92 Å². The second-order valence-corrected chi connectivity index (χ2v) is 7.03. The zero-order valence-electron chi connectivity index (χ0n) is 12.6. The average Bonchev–Trinajstić information content (AvgIpc) is 2.94. The van der Waals surface area contributed by atoms with Crippen molar-refractivity contribution in [3.63, 3.8) is 0 Å². The van der Waals surface area contributed by atoms with Crippen molar-refractivity contribution in [2.45, 2.75) is 11.8 Å². The van der Waals surface area contributed by atoms with Gasteiger partial charge in [0.1, 0.15) is 0 Å². The van der Waals surface area contributed by atoms with Crippen LogP contribution >= 0.6 is 0 Å². The molecule has 2 aromatic carbocycles. The molecule has 1 aliphatic heterocycles. The highest BCUT2D eigenvalue weighted by Crippen LogP contribution is 2.22. The lowest BCUT2D eigenvalue weighted by molar-refractivity contribution is 0.252. The number of sulfonamides is 1. The Kier molecular flexibility index (Phi) is 3.96. The zero-order valence-corrected chi connectivity index (χ0v) is 13.4. The van der Waals surface area contributed by atoms with Crippen LogP contribution in [0.1, 0.15) is 5.56 Å². The number of anilines is 2. The molecular formula is C16H17N3O3S. The maximum Gasteiger partial charge on any atom is 0.321 e. The van der Waals surface area contributed by atoms with E-state index in [0.29, 0.717) is 18.8 Å². The second kappa shape index (κ2) is 5.92. The van der Waals surface area contributed by atoms with Gasteiger partial charge >= 0.3 is 6.03 Å². The number of nitrogens with one attached hydrogen (secondary N) is 2. The minimum absolute atomic E-state index is 0.141. The summed E-state index contributed by atoms with van der Waals surface area (Å²) in [4.78, 5) is 13.4. The molecule has 2 aromatic rings. The SMILES string of the molecule is Cc1ccc(S(=O)(=O)Nc2ccc(N3CCNC3=O)cc2)cc1. The fourth-order valence-corrected chi connectivity index (χ4v) is 3.42. The number of carbonyl (C=O) groups excluding carboxylic acids is 1. The Bertz CT molecular complexity index is 815. The number of hydrogen-bond donors (Lipinski definition) is 2. The molecule has 7 heteroatoms. The van der Waals surface area contributed by atoms with Crippen molar-refractivity contribution in [1.82, 2.24) is 5.32 Å². The highest BCUT2D eigenvalue weighted by atomic mass is 32.2. The highest BCUT2D eigenvalue weighted by Gasteiger charge is 2.21. The van der Waals surface area contributed by atoms with E-state index in [2.05, 4.69) is 10.0 Å². The molecule has 0 spiro atoms. The number of nitrogens with zero attached hydrogens (tertiary/aromatic N) is 1. The summed E-state index contributed by atoms with van der Waals surface area (Å²) in [6.07, 6.45) is 0. The summed E-state index contributed by atoms with van der Waals surface area (Å²) in [6.45, 7) is 3.12. The third-order valence-corrected chi connectivity index (χ3v) is 5.02. The zero-order chi connectivity index (χ0) is 16.4. The smallest absolute Gasteiger partial charge is 0.321 e. The van der Waals surface area contributed by atoms with E-state index in [1.165, 1.54) is 0 Å². The summed E-state index contributed by atoms with van der Waals surface area (Å²) in [7, 11) is -3.62. The first-order valence-electron chi connectivity index (χ1n) is 7.21. The summed E-state index contributed by atoms with van der Waals surface area (Å²) in [6, 6.07) is 13.2. The monoisotopic (exact) mass is 331 g/mol. The second-order valence-electron chi connectivity index (χ2n) is 5.35. The molecule has 6 nitrogen and oxygen atoms in total. The molecule has 3 rings (SSSR count). The van der Waals surface area contributed by atoms with Gasteiger partial charge in [-0.2, -0.15) is 0 Å². The van der Waals surface area contributed by atoms with Crippen molar-refractivity contribution in [2.75, 3.05) is 22.7 Å². The van der Waals surface area contributed by atoms with Crippen molar-refractivity contribution in [3.8, 4) is 0 Å². The number of hydrogen-bond acceptors (Lipinski definition) is 3. The normalized spacial score (nSPS) is 14.7. The molecular weight excluding hydrogens is 314 g/mol. The number of aryl methyl sites for hydroxylation is 1. The minimum atomic E-state index is -3.62. The lowest BCUT2D eigenvalue weighted by atomic mass is 10.2. The molecule has 23 heavy (non-hydrogen) atoms. The summed E-state index contributed by atoms with van der Waals surface area (Å²) in [5.41, 5.74) is 2.18. The van der Waals surface area contributed by atoms with Crippen LogP contribution < -0.4 is 14.9 Å². The standard InChI is InChI=1S/C16H17N3O3S/c1-12-2-8-15(9-3-12)23(21,22)18-13-4-6-14(7-5-13)19-11-10-17-16(19)20/h2-9,18H,10-11H2,1H3,(H,17,20). The third kappa shape index (κ3) is 3.29. The molecule has 0 bridgehead atoms. The van der Waals surface area contributed by atoms with Gasteiger partial charge in [-0.15, -0.1) is 0 Å². The first-order chi connectivity index (χ1) is 11.0. The number of urea groups is 1. The number of carbonyl (C=O) groups is 1. The fourth-order valence-electron chi connectivity index (χ4n) is 2.36. The van der Waals surface area contributed by atoms with Crippen molar-refractivity contribution in [2.24, 2.45) is 0 Å². The number of benzene rings is 2. The molecule has 0 saturated carbocycles. The van der Waals surface area contributed by atoms with Gasteiger partial charge in [0, 0.05) is 24.5 Å². The molecule has 0 aromatic heterocycles. The van der Waals surface area contributed by atoms with Crippen LogP contribution in [0.3, 0.4) is 0 Å². The van der Waals surface area contributed by atoms with Crippen LogP contribution in [0.4, 0.5) is 16.2 Å². The molecule has 1 fully saturated rings. The summed E-state index contributed by atoms with van der Waals surface area (Å²) in [5, 5.41) is 2.72. The van der Waals surface area contributed by atoms with Gasteiger partial charge in [0.25, 0.3) is 10.0 Å². The van der Waals surface area contributed by atoms with Crippen LogP contribution in [0.2, 0.25) is 0 Å². The maximum absolute atomic E-state index is 12.3. The first kappa shape index (κ1) is 15.4. The van der Waals surface area contributed by atoms with Crippen molar-refractivity contribution in [3.05, 3.63) is 54.1 Å². The van der Waals surface area contributed by atoms with Crippen LogP contribution in [0, 0.1) is 6.92 Å². The van der Waals surface area contributed by atoms with Crippen LogP contribution in [-0.4, -0.2) is 27.5 Å². The van der Waals surface area contributed by atoms with E-state index in [0.717, 1.165) is 11.3 Å². The molecule has 0 aliphatic carbocycles. The predicted molar refractivity (Wildman–Crippen MR) is 89.2 cm³/mol. The van der Waals surface area contributed by atoms with Crippen molar-refractivity contribution >= 4 is 27.4 Å². The maximum atomic E-state index is 12.3. The van der Waals surface area contributed by atoms with E-state index in [1.54, 1.807) is 53.4 Å². The minimum Gasteiger partial charge on any atom is -0.336 e. The number of amides is 2. The van der Waals surface area contributed by atoms with Gasteiger partial charge in [-0.3, -0.25) is 9.62 Å². The van der Waals surface area contributed by atoms with Gasteiger partial charge in [-0.05, 0) is 43.3 Å². The van der Waals surface area contributed by atoms with Crippen molar-refractivity contribution in [1.29, 1.82) is 0 Å². The molecule has 120 valence electrons. The lowest BCUT2D eigenvalue weighted by Crippen LogP contribution is -2.27. The molecule has 0 unspecified atom stereocenters. The van der Waals surface area contributed by atoms with E-state index in [9.17, 15) is 13.2 Å².